The van der Waals surface area contributed by atoms with Gasteiger partial charge in [0.05, 0.1) is 10.6 Å². The second kappa shape index (κ2) is 6.44. The van der Waals surface area contributed by atoms with Crippen LogP contribution in [-0.4, -0.2) is 21.2 Å². The summed E-state index contributed by atoms with van der Waals surface area (Å²) >= 11 is 1.61. The molecule has 0 aliphatic rings. The van der Waals surface area contributed by atoms with Crippen molar-refractivity contribution in [3.05, 3.63) is 53.4 Å². The van der Waals surface area contributed by atoms with E-state index in [1.807, 2.05) is 35.7 Å². The molecule has 0 unspecified atom stereocenters. The van der Waals surface area contributed by atoms with Gasteiger partial charge in [-0.1, -0.05) is 24.3 Å². The average molecular weight is 313 g/mol. The molecule has 0 atom stereocenters. The summed E-state index contributed by atoms with van der Waals surface area (Å²) in [6.07, 6.45) is 0.777. The molecule has 0 aliphatic heterocycles. The van der Waals surface area contributed by atoms with E-state index in [1.54, 1.807) is 23.5 Å². The van der Waals surface area contributed by atoms with Gasteiger partial charge in [0.2, 0.25) is 5.91 Å². The lowest BCUT2D eigenvalue weighted by molar-refractivity contribution is -0.116. The van der Waals surface area contributed by atoms with Crippen LogP contribution in [0.4, 0.5) is 5.82 Å². The number of phenols is 1. The van der Waals surface area contributed by atoms with Crippen LogP contribution in [-0.2, 0) is 11.2 Å². The average Bonchev–Trinajstić information content (AvgIpc) is 3.17. The zero-order valence-corrected chi connectivity index (χ0v) is 12.6. The number of aromatic amines is 1. The molecule has 0 radical (unpaired) electrons. The van der Waals surface area contributed by atoms with E-state index in [9.17, 15) is 9.90 Å². The first-order chi connectivity index (χ1) is 10.7. The number of thiophene rings is 1. The number of aromatic hydroxyl groups is 1. The highest BCUT2D eigenvalue weighted by atomic mass is 32.1. The molecule has 1 amide bonds. The Hall–Kier alpha value is -2.60. The molecule has 1 aromatic carbocycles. The maximum Gasteiger partial charge on any atom is 0.225 e. The Labute approximate surface area is 131 Å². The Bertz CT molecular complexity index is 765. The molecule has 112 valence electrons. The zero-order chi connectivity index (χ0) is 15.4. The van der Waals surface area contributed by atoms with Gasteiger partial charge in [-0.2, -0.15) is 5.10 Å². The van der Waals surface area contributed by atoms with Crippen LogP contribution in [0.15, 0.2) is 47.8 Å². The topological polar surface area (TPSA) is 78.0 Å². The number of aryl methyl sites for hydroxylation is 1. The first-order valence-electron chi connectivity index (χ1n) is 6.88. The Kier molecular flexibility index (Phi) is 4.20. The van der Waals surface area contributed by atoms with E-state index in [0.29, 0.717) is 18.7 Å². The number of H-pyrrole nitrogens is 1. The minimum atomic E-state index is -0.132. The van der Waals surface area contributed by atoms with Gasteiger partial charge < -0.3 is 10.4 Å². The van der Waals surface area contributed by atoms with Crippen LogP contribution in [0.5, 0.6) is 5.75 Å². The summed E-state index contributed by atoms with van der Waals surface area (Å²) in [7, 11) is 0. The molecule has 2 heterocycles. The van der Waals surface area contributed by atoms with Crippen molar-refractivity contribution in [2.75, 3.05) is 5.32 Å². The fraction of sp³-hybridized carbons (Fsp3) is 0.125. The number of carbonyl (C=O) groups excluding carboxylic acids is 1. The van der Waals surface area contributed by atoms with Gasteiger partial charge in [0.25, 0.3) is 0 Å². The van der Waals surface area contributed by atoms with E-state index >= 15 is 0 Å². The number of nitrogens with zero attached hydrogens (tertiary/aromatic N) is 1. The van der Waals surface area contributed by atoms with Crippen molar-refractivity contribution in [1.82, 2.24) is 10.2 Å². The molecule has 3 aromatic rings. The molecular formula is C16H15N3O2S. The lowest BCUT2D eigenvalue weighted by Crippen LogP contribution is -2.12. The number of amides is 1. The van der Waals surface area contributed by atoms with E-state index in [1.165, 1.54) is 0 Å². The van der Waals surface area contributed by atoms with Gasteiger partial charge in [-0.3, -0.25) is 9.89 Å². The van der Waals surface area contributed by atoms with Crippen molar-refractivity contribution in [3.63, 3.8) is 0 Å². The third-order valence-electron chi connectivity index (χ3n) is 3.25. The fourth-order valence-corrected chi connectivity index (χ4v) is 2.81. The van der Waals surface area contributed by atoms with Crippen molar-refractivity contribution < 1.29 is 9.90 Å². The number of hydrogen-bond donors (Lipinski definition) is 3. The number of aromatic nitrogens is 2. The van der Waals surface area contributed by atoms with Gasteiger partial charge in [0.1, 0.15) is 5.75 Å². The Balaban J connectivity index is 1.57. The van der Waals surface area contributed by atoms with Gasteiger partial charge in [-0.15, -0.1) is 11.3 Å². The molecule has 2 aromatic heterocycles. The summed E-state index contributed by atoms with van der Waals surface area (Å²) in [5.74, 6) is 0.591. The van der Waals surface area contributed by atoms with Crippen LogP contribution < -0.4 is 5.32 Å². The van der Waals surface area contributed by atoms with Gasteiger partial charge in [-0.05, 0) is 29.5 Å². The molecule has 0 spiro atoms. The van der Waals surface area contributed by atoms with E-state index in [2.05, 4.69) is 15.5 Å². The van der Waals surface area contributed by atoms with Crippen LogP contribution in [0, 0.1) is 0 Å². The number of rotatable bonds is 5. The monoisotopic (exact) mass is 313 g/mol. The normalized spacial score (nSPS) is 10.5. The number of benzene rings is 1. The molecule has 6 heteroatoms. The highest BCUT2D eigenvalue weighted by Gasteiger charge is 2.09. The number of phenolic OH excluding ortho intramolecular Hbond substituents is 1. The molecule has 3 N–H and O–H groups in total. The van der Waals surface area contributed by atoms with Crippen molar-refractivity contribution in [2.45, 2.75) is 12.8 Å². The van der Waals surface area contributed by atoms with Crippen molar-refractivity contribution >= 4 is 23.1 Å². The third kappa shape index (κ3) is 3.35. The summed E-state index contributed by atoms with van der Waals surface area (Å²) in [6.45, 7) is 0. The summed E-state index contributed by atoms with van der Waals surface area (Å²) in [4.78, 5) is 13.0. The number of para-hydroxylation sites is 1. The standard InChI is InChI=1S/C16H15N3O2S/c20-13-5-2-1-4-11(13)7-8-16(21)17-15-10-12(18-19-15)14-6-3-9-22-14/h1-6,9-10,20H,7-8H2,(H2,17,18,19,21). The molecule has 0 bridgehead atoms. The quantitative estimate of drug-likeness (QED) is 0.675. The molecule has 3 rings (SSSR count). The highest BCUT2D eigenvalue weighted by molar-refractivity contribution is 7.13. The lowest BCUT2D eigenvalue weighted by Gasteiger charge is -2.04. The van der Waals surface area contributed by atoms with Crippen molar-refractivity contribution in [2.24, 2.45) is 0 Å². The van der Waals surface area contributed by atoms with Crippen LogP contribution in [0.1, 0.15) is 12.0 Å². The minimum absolute atomic E-state index is 0.132. The molecule has 0 saturated carbocycles. The van der Waals surface area contributed by atoms with Crippen LogP contribution in [0.3, 0.4) is 0 Å². The smallest absolute Gasteiger partial charge is 0.225 e. The molecule has 0 aliphatic carbocycles. The van der Waals surface area contributed by atoms with E-state index in [4.69, 9.17) is 0 Å². The number of anilines is 1. The van der Waals surface area contributed by atoms with Gasteiger partial charge in [0, 0.05) is 12.5 Å². The zero-order valence-electron chi connectivity index (χ0n) is 11.7. The van der Waals surface area contributed by atoms with E-state index < -0.39 is 0 Å². The van der Waals surface area contributed by atoms with Gasteiger partial charge in [0.15, 0.2) is 5.82 Å². The van der Waals surface area contributed by atoms with Crippen LogP contribution in [0.2, 0.25) is 0 Å². The summed E-state index contributed by atoms with van der Waals surface area (Å²) in [5, 5.41) is 21.4. The van der Waals surface area contributed by atoms with Crippen molar-refractivity contribution in [1.29, 1.82) is 0 Å². The second-order valence-corrected chi connectivity index (χ2v) is 5.77. The number of nitrogens with one attached hydrogen (secondary N) is 2. The summed E-state index contributed by atoms with van der Waals surface area (Å²) in [5.41, 5.74) is 1.64. The second-order valence-electron chi connectivity index (χ2n) is 4.82. The van der Waals surface area contributed by atoms with E-state index in [-0.39, 0.29) is 11.7 Å². The number of carbonyl (C=O) groups is 1. The van der Waals surface area contributed by atoms with Gasteiger partial charge >= 0.3 is 0 Å². The predicted octanol–water partition coefficient (Wildman–Crippen LogP) is 3.42. The Morgan fingerprint density at radius 2 is 2.14 bits per heavy atom. The van der Waals surface area contributed by atoms with Crippen LogP contribution in [0.25, 0.3) is 10.6 Å². The first kappa shape index (κ1) is 14.3. The predicted molar refractivity (Wildman–Crippen MR) is 87.0 cm³/mol. The largest absolute Gasteiger partial charge is 0.508 e. The summed E-state index contributed by atoms with van der Waals surface area (Å²) < 4.78 is 0. The molecule has 0 saturated heterocycles. The number of hydrogen-bond acceptors (Lipinski definition) is 4. The SMILES string of the molecule is O=C(CCc1ccccc1O)Nc1cc(-c2cccs2)[nH]n1. The minimum Gasteiger partial charge on any atom is -0.508 e. The molecule has 5 nitrogen and oxygen atoms in total. The van der Waals surface area contributed by atoms with Gasteiger partial charge in [-0.25, -0.2) is 0 Å². The fourth-order valence-electron chi connectivity index (χ4n) is 2.12. The molecular weight excluding hydrogens is 298 g/mol. The Morgan fingerprint density at radius 1 is 1.27 bits per heavy atom. The molecule has 0 fully saturated rings. The first-order valence-corrected chi connectivity index (χ1v) is 7.76. The molecule has 22 heavy (non-hydrogen) atoms. The van der Waals surface area contributed by atoms with Crippen LogP contribution >= 0.6 is 11.3 Å². The third-order valence-corrected chi connectivity index (χ3v) is 4.15. The maximum absolute atomic E-state index is 11.9. The summed E-state index contributed by atoms with van der Waals surface area (Å²) in [6, 6.07) is 12.8. The lowest BCUT2D eigenvalue weighted by atomic mass is 10.1. The Morgan fingerprint density at radius 3 is 2.91 bits per heavy atom. The van der Waals surface area contributed by atoms with Crippen molar-refractivity contribution in [3.8, 4) is 16.3 Å². The van der Waals surface area contributed by atoms with E-state index in [0.717, 1.165) is 16.1 Å². The maximum atomic E-state index is 11.9. The highest BCUT2D eigenvalue weighted by Crippen LogP contribution is 2.24.